The van der Waals surface area contributed by atoms with Crippen LogP contribution in [0.15, 0.2) is 23.1 Å². The number of benzene rings is 1. The highest BCUT2D eigenvalue weighted by Crippen LogP contribution is 2.27. The minimum atomic E-state index is -3.63. The summed E-state index contributed by atoms with van der Waals surface area (Å²) in [5, 5.41) is 2.90. The van der Waals surface area contributed by atoms with E-state index in [4.69, 9.17) is 5.73 Å². The van der Waals surface area contributed by atoms with Gasteiger partial charge in [-0.2, -0.15) is 0 Å². The van der Waals surface area contributed by atoms with Crippen molar-refractivity contribution in [1.82, 2.24) is 9.03 Å². The number of sulfonamides is 2. The lowest BCUT2D eigenvalue weighted by atomic mass is 10.2. The summed E-state index contributed by atoms with van der Waals surface area (Å²) >= 11 is 0. The molecule has 0 saturated carbocycles. The van der Waals surface area contributed by atoms with E-state index in [2.05, 4.69) is 10.0 Å². The molecule has 1 aromatic rings. The summed E-state index contributed by atoms with van der Waals surface area (Å²) in [4.78, 5) is 0.00794. The summed E-state index contributed by atoms with van der Waals surface area (Å²) in [6.07, 6.45) is 1.06. The fourth-order valence-electron chi connectivity index (χ4n) is 1.55. The van der Waals surface area contributed by atoms with Gasteiger partial charge in [-0.1, -0.05) is 6.07 Å². The van der Waals surface area contributed by atoms with Crippen LogP contribution in [0, 0.1) is 0 Å². The molecule has 1 aromatic carbocycles. The number of nitrogens with one attached hydrogen (secondary N) is 2. The number of nitrogens with zero attached hydrogens (tertiary/aromatic N) is 1. The molecule has 0 aromatic heterocycles. The maximum absolute atomic E-state index is 12.1. The fraction of sp³-hybridized carbons (Fsp3) is 0.455. The van der Waals surface area contributed by atoms with Gasteiger partial charge in [0.15, 0.2) is 0 Å². The molecule has 0 aliphatic carbocycles. The summed E-state index contributed by atoms with van der Waals surface area (Å²) in [5.74, 6) is 0. The molecule has 0 heterocycles. The number of nitrogen functional groups attached to an aromatic ring is 1. The van der Waals surface area contributed by atoms with Crippen LogP contribution in [0.25, 0.3) is 0 Å². The van der Waals surface area contributed by atoms with Gasteiger partial charge in [0.1, 0.15) is 4.90 Å². The predicted octanol–water partition coefficient (Wildman–Crippen LogP) is -0.520. The van der Waals surface area contributed by atoms with E-state index < -0.39 is 20.0 Å². The smallest absolute Gasteiger partial charge is 0.244 e. The molecule has 0 spiro atoms. The zero-order valence-electron chi connectivity index (χ0n) is 12.1. The second-order valence-electron chi connectivity index (χ2n) is 4.60. The van der Waals surface area contributed by atoms with Crippen LogP contribution >= 0.6 is 0 Å². The maximum atomic E-state index is 12.1. The molecule has 0 unspecified atom stereocenters. The van der Waals surface area contributed by atoms with Gasteiger partial charge < -0.3 is 11.1 Å². The molecular weight excluding hydrogens is 316 g/mol. The largest absolute Gasteiger partial charge is 0.396 e. The van der Waals surface area contributed by atoms with Gasteiger partial charge in [-0.05, 0) is 12.1 Å². The highest BCUT2D eigenvalue weighted by molar-refractivity contribution is 7.89. The first kappa shape index (κ1) is 17.7. The van der Waals surface area contributed by atoms with Crippen molar-refractivity contribution in [3.63, 3.8) is 0 Å². The summed E-state index contributed by atoms with van der Waals surface area (Å²) in [7, 11) is -4.04. The van der Waals surface area contributed by atoms with Crippen molar-refractivity contribution in [3.05, 3.63) is 18.2 Å². The molecule has 120 valence electrons. The van der Waals surface area contributed by atoms with Crippen LogP contribution in [0.1, 0.15) is 0 Å². The molecule has 1 rings (SSSR count). The first-order valence-electron chi connectivity index (χ1n) is 6.05. The average molecular weight is 336 g/mol. The van der Waals surface area contributed by atoms with E-state index in [9.17, 15) is 16.8 Å². The lowest BCUT2D eigenvalue weighted by Crippen LogP contribution is -2.28. The molecule has 0 saturated heterocycles. The SMILES string of the molecule is CN(C)S(=O)(=O)c1cccc(NCCNS(C)(=O)=O)c1N. The van der Waals surface area contributed by atoms with E-state index in [-0.39, 0.29) is 23.7 Å². The lowest BCUT2D eigenvalue weighted by Gasteiger charge is -2.16. The van der Waals surface area contributed by atoms with E-state index in [1.54, 1.807) is 12.1 Å². The second-order valence-corrected chi connectivity index (χ2v) is 8.55. The Kier molecular flexibility index (Phi) is 5.56. The first-order chi connectivity index (χ1) is 9.55. The van der Waals surface area contributed by atoms with Crippen molar-refractivity contribution < 1.29 is 16.8 Å². The minimum Gasteiger partial charge on any atom is -0.396 e. The van der Waals surface area contributed by atoms with Crippen molar-refractivity contribution in [2.45, 2.75) is 4.90 Å². The standard InChI is InChI=1S/C11H20N4O4S2/c1-15(2)21(18,19)10-6-4-5-9(11(10)12)13-7-8-14-20(3,16)17/h4-6,13-14H,7-8,12H2,1-3H3. The number of para-hydroxylation sites is 1. The van der Waals surface area contributed by atoms with E-state index in [0.29, 0.717) is 5.69 Å². The molecule has 0 bridgehead atoms. The maximum Gasteiger partial charge on any atom is 0.244 e. The van der Waals surface area contributed by atoms with Crippen molar-refractivity contribution in [1.29, 1.82) is 0 Å². The quantitative estimate of drug-likeness (QED) is 0.455. The van der Waals surface area contributed by atoms with Crippen LogP contribution in [0.4, 0.5) is 11.4 Å². The first-order valence-corrected chi connectivity index (χ1v) is 9.38. The summed E-state index contributed by atoms with van der Waals surface area (Å²) in [5.41, 5.74) is 6.41. The fourth-order valence-corrected chi connectivity index (χ4v) is 3.06. The minimum absolute atomic E-state index is 0.00794. The molecule has 8 nitrogen and oxygen atoms in total. The molecule has 0 radical (unpaired) electrons. The summed E-state index contributed by atoms with van der Waals surface area (Å²) in [6.45, 7) is 0.450. The normalized spacial score (nSPS) is 12.6. The van der Waals surface area contributed by atoms with E-state index >= 15 is 0 Å². The van der Waals surface area contributed by atoms with Crippen LogP contribution in [0.3, 0.4) is 0 Å². The topological polar surface area (TPSA) is 122 Å². The van der Waals surface area contributed by atoms with E-state index in [0.717, 1.165) is 10.6 Å². The van der Waals surface area contributed by atoms with Gasteiger partial charge in [0.2, 0.25) is 20.0 Å². The number of hydrogen-bond donors (Lipinski definition) is 3. The van der Waals surface area contributed by atoms with Gasteiger partial charge >= 0.3 is 0 Å². The Hall–Kier alpha value is -1.36. The Morgan fingerprint density at radius 3 is 2.29 bits per heavy atom. The number of nitrogens with two attached hydrogens (primary N) is 1. The third-order valence-corrected chi connectivity index (χ3v) is 5.23. The van der Waals surface area contributed by atoms with Gasteiger partial charge in [0, 0.05) is 27.2 Å². The predicted molar refractivity (Wildman–Crippen MR) is 83.1 cm³/mol. The van der Waals surface area contributed by atoms with Crippen LogP contribution in [-0.4, -0.2) is 54.6 Å². The highest BCUT2D eigenvalue weighted by atomic mass is 32.2. The molecule has 0 amide bonds. The van der Waals surface area contributed by atoms with Crippen molar-refractivity contribution in [3.8, 4) is 0 Å². The van der Waals surface area contributed by atoms with Crippen molar-refractivity contribution in [2.24, 2.45) is 0 Å². The lowest BCUT2D eigenvalue weighted by molar-refractivity contribution is 0.521. The molecule has 21 heavy (non-hydrogen) atoms. The third kappa shape index (κ3) is 4.84. The zero-order chi connectivity index (χ0) is 16.3. The monoisotopic (exact) mass is 336 g/mol. The highest BCUT2D eigenvalue weighted by Gasteiger charge is 2.21. The van der Waals surface area contributed by atoms with Crippen molar-refractivity contribution in [2.75, 3.05) is 44.5 Å². The summed E-state index contributed by atoms with van der Waals surface area (Å²) in [6, 6.07) is 4.62. The Bertz CT molecular complexity index is 699. The number of rotatable bonds is 7. The van der Waals surface area contributed by atoms with Gasteiger partial charge in [-0.25, -0.2) is 25.9 Å². The molecule has 0 aliphatic heterocycles. The van der Waals surface area contributed by atoms with Crippen LogP contribution in [-0.2, 0) is 20.0 Å². The van der Waals surface area contributed by atoms with Crippen LogP contribution in [0.5, 0.6) is 0 Å². The molecule has 0 aliphatic rings. The molecule has 0 fully saturated rings. The molecule has 4 N–H and O–H groups in total. The molecule has 10 heteroatoms. The van der Waals surface area contributed by atoms with Crippen molar-refractivity contribution >= 4 is 31.4 Å². The average Bonchev–Trinajstić information content (AvgIpc) is 2.34. The third-order valence-electron chi connectivity index (χ3n) is 2.63. The van der Waals surface area contributed by atoms with Gasteiger partial charge in [0.05, 0.1) is 17.6 Å². The Labute approximate surface area is 125 Å². The van der Waals surface area contributed by atoms with E-state index in [1.807, 2.05) is 0 Å². The molecular formula is C11H20N4O4S2. The second kappa shape index (κ2) is 6.60. The Morgan fingerprint density at radius 2 is 1.76 bits per heavy atom. The zero-order valence-corrected chi connectivity index (χ0v) is 13.8. The van der Waals surface area contributed by atoms with Gasteiger partial charge in [-0.3, -0.25) is 0 Å². The number of hydrogen-bond acceptors (Lipinski definition) is 6. The number of anilines is 2. The Morgan fingerprint density at radius 1 is 1.14 bits per heavy atom. The summed E-state index contributed by atoms with van der Waals surface area (Å²) < 4.78 is 49.4. The van der Waals surface area contributed by atoms with Crippen LogP contribution in [0.2, 0.25) is 0 Å². The van der Waals surface area contributed by atoms with E-state index in [1.165, 1.54) is 20.2 Å². The van der Waals surface area contributed by atoms with Crippen LogP contribution < -0.4 is 15.8 Å². The van der Waals surface area contributed by atoms with Gasteiger partial charge in [-0.15, -0.1) is 0 Å². The van der Waals surface area contributed by atoms with Gasteiger partial charge in [0.25, 0.3) is 0 Å². The molecule has 0 atom stereocenters. The Balaban J connectivity index is 2.87.